The first kappa shape index (κ1) is 15.4. The van der Waals surface area contributed by atoms with E-state index in [2.05, 4.69) is 10.3 Å². The van der Waals surface area contributed by atoms with Gasteiger partial charge in [0.05, 0.1) is 31.1 Å². The summed E-state index contributed by atoms with van der Waals surface area (Å²) in [7, 11) is 0. The zero-order valence-electron chi connectivity index (χ0n) is 13.7. The first-order chi connectivity index (χ1) is 11.7. The van der Waals surface area contributed by atoms with Crippen LogP contribution in [0.2, 0.25) is 0 Å². The molecule has 1 aliphatic heterocycles. The summed E-state index contributed by atoms with van der Waals surface area (Å²) in [6.07, 6.45) is 12.2. The Morgan fingerprint density at radius 2 is 2.21 bits per heavy atom. The minimum atomic E-state index is -0.159. The van der Waals surface area contributed by atoms with Crippen molar-refractivity contribution in [2.75, 3.05) is 6.61 Å². The molecule has 1 atom stereocenters. The number of carbonyl (C=O) groups excluding carboxylic acids is 1. The molecule has 4 rings (SSSR count). The van der Waals surface area contributed by atoms with Crippen LogP contribution in [0.4, 0.5) is 0 Å². The van der Waals surface area contributed by atoms with E-state index in [0.717, 1.165) is 25.0 Å². The van der Waals surface area contributed by atoms with Gasteiger partial charge >= 0.3 is 0 Å². The molecule has 24 heavy (non-hydrogen) atoms. The van der Waals surface area contributed by atoms with Gasteiger partial charge in [-0.3, -0.25) is 4.79 Å². The summed E-state index contributed by atoms with van der Waals surface area (Å²) in [6.45, 7) is 1.18. The zero-order valence-corrected chi connectivity index (χ0v) is 13.7. The van der Waals surface area contributed by atoms with Crippen molar-refractivity contribution >= 4 is 5.91 Å². The molecule has 2 aromatic heterocycles. The second kappa shape index (κ2) is 6.43. The number of carbonyl (C=O) groups is 1. The standard InChI is InChI=1S/C18H23N3O3/c22-17(16-5-4-15(24-16)11-21-9-8-19-13-21)20-14-10-18(23-12-14)6-2-1-3-7-18/h4-5,8-9,13-14H,1-3,6-7,10-12H2,(H,20,22). The number of amides is 1. The minimum Gasteiger partial charge on any atom is -0.454 e. The van der Waals surface area contributed by atoms with Crippen molar-refractivity contribution in [1.29, 1.82) is 0 Å². The number of aromatic nitrogens is 2. The van der Waals surface area contributed by atoms with E-state index in [0.29, 0.717) is 18.9 Å². The molecule has 1 saturated heterocycles. The molecule has 1 spiro atoms. The Balaban J connectivity index is 1.34. The van der Waals surface area contributed by atoms with Crippen LogP contribution >= 0.6 is 0 Å². The maximum Gasteiger partial charge on any atom is 0.287 e. The average molecular weight is 329 g/mol. The van der Waals surface area contributed by atoms with Crippen LogP contribution in [0.15, 0.2) is 35.3 Å². The number of hydrogen-bond acceptors (Lipinski definition) is 4. The van der Waals surface area contributed by atoms with E-state index < -0.39 is 0 Å². The van der Waals surface area contributed by atoms with Crippen LogP contribution in [0, 0.1) is 0 Å². The highest BCUT2D eigenvalue weighted by molar-refractivity contribution is 5.91. The summed E-state index contributed by atoms with van der Waals surface area (Å²) in [4.78, 5) is 16.4. The van der Waals surface area contributed by atoms with E-state index in [1.54, 1.807) is 18.6 Å². The number of nitrogens with one attached hydrogen (secondary N) is 1. The predicted octanol–water partition coefficient (Wildman–Crippen LogP) is 2.75. The molecule has 0 radical (unpaired) electrons. The van der Waals surface area contributed by atoms with Crippen LogP contribution in [-0.2, 0) is 11.3 Å². The molecule has 6 heteroatoms. The summed E-state index contributed by atoms with van der Waals surface area (Å²) in [5, 5.41) is 3.06. The van der Waals surface area contributed by atoms with Crippen LogP contribution in [0.25, 0.3) is 0 Å². The van der Waals surface area contributed by atoms with Gasteiger partial charge in [0.1, 0.15) is 5.76 Å². The first-order valence-electron chi connectivity index (χ1n) is 8.72. The average Bonchev–Trinajstić information content (AvgIpc) is 3.32. The van der Waals surface area contributed by atoms with Crippen LogP contribution in [0.5, 0.6) is 0 Å². The molecule has 1 N–H and O–H groups in total. The summed E-state index contributed by atoms with van der Waals surface area (Å²) in [6, 6.07) is 3.65. The van der Waals surface area contributed by atoms with Gasteiger partial charge in [-0.1, -0.05) is 19.3 Å². The molecule has 2 fully saturated rings. The lowest BCUT2D eigenvalue weighted by Crippen LogP contribution is -2.37. The molecule has 1 amide bonds. The van der Waals surface area contributed by atoms with Crippen molar-refractivity contribution in [3.63, 3.8) is 0 Å². The quantitative estimate of drug-likeness (QED) is 0.936. The number of furan rings is 1. The third-order valence-electron chi connectivity index (χ3n) is 5.09. The van der Waals surface area contributed by atoms with Gasteiger partial charge < -0.3 is 19.0 Å². The van der Waals surface area contributed by atoms with Crippen molar-refractivity contribution in [2.24, 2.45) is 0 Å². The second-order valence-corrected chi connectivity index (χ2v) is 6.93. The summed E-state index contributed by atoms with van der Waals surface area (Å²) >= 11 is 0. The van der Waals surface area contributed by atoms with Gasteiger partial charge in [0.15, 0.2) is 5.76 Å². The van der Waals surface area contributed by atoms with Crippen molar-refractivity contribution in [3.05, 3.63) is 42.4 Å². The Labute approximate surface area is 141 Å². The maximum atomic E-state index is 12.4. The van der Waals surface area contributed by atoms with Crippen molar-refractivity contribution in [2.45, 2.75) is 56.7 Å². The van der Waals surface area contributed by atoms with Crippen LogP contribution in [-0.4, -0.2) is 33.7 Å². The lowest BCUT2D eigenvalue weighted by molar-refractivity contribution is -0.0246. The third-order valence-corrected chi connectivity index (χ3v) is 5.09. The van der Waals surface area contributed by atoms with Crippen LogP contribution < -0.4 is 5.32 Å². The van der Waals surface area contributed by atoms with Crippen molar-refractivity contribution < 1.29 is 13.9 Å². The third kappa shape index (κ3) is 3.24. The lowest BCUT2D eigenvalue weighted by atomic mass is 9.82. The smallest absolute Gasteiger partial charge is 0.287 e. The molecule has 2 aliphatic rings. The molecule has 2 aromatic rings. The number of imidazole rings is 1. The highest BCUT2D eigenvalue weighted by Gasteiger charge is 2.41. The highest BCUT2D eigenvalue weighted by Crippen LogP contribution is 2.39. The van der Waals surface area contributed by atoms with E-state index in [1.807, 2.05) is 16.8 Å². The van der Waals surface area contributed by atoms with Crippen LogP contribution in [0.1, 0.15) is 54.8 Å². The number of rotatable bonds is 4. The van der Waals surface area contributed by atoms with Gasteiger partial charge in [-0.25, -0.2) is 4.98 Å². The Kier molecular flexibility index (Phi) is 4.14. The molecular formula is C18H23N3O3. The van der Waals surface area contributed by atoms with Gasteiger partial charge in [0, 0.05) is 12.4 Å². The highest BCUT2D eigenvalue weighted by atomic mass is 16.5. The van der Waals surface area contributed by atoms with E-state index >= 15 is 0 Å². The first-order valence-corrected chi connectivity index (χ1v) is 8.72. The molecule has 1 aliphatic carbocycles. The summed E-state index contributed by atoms with van der Waals surface area (Å²) in [5.41, 5.74) is 0.00590. The fourth-order valence-electron chi connectivity index (χ4n) is 3.88. The fourth-order valence-corrected chi connectivity index (χ4v) is 3.88. The monoisotopic (exact) mass is 329 g/mol. The molecule has 3 heterocycles. The Hall–Kier alpha value is -2.08. The van der Waals surface area contributed by atoms with Gasteiger partial charge in [-0.2, -0.15) is 0 Å². The van der Waals surface area contributed by atoms with Crippen LogP contribution in [0.3, 0.4) is 0 Å². The molecule has 1 unspecified atom stereocenters. The molecule has 128 valence electrons. The summed E-state index contributed by atoms with van der Waals surface area (Å²) < 4.78 is 13.6. The lowest BCUT2D eigenvalue weighted by Gasteiger charge is -2.32. The second-order valence-electron chi connectivity index (χ2n) is 6.93. The molecule has 0 bridgehead atoms. The fraction of sp³-hybridized carbons (Fsp3) is 0.556. The Morgan fingerprint density at radius 3 is 3.00 bits per heavy atom. The zero-order chi connectivity index (χ0) is 16.4. The molecule has 0 aromatic carbocycles. The Morgan fingerprint density at radius 1 is 1.33 bits per heavy atom. The predicted molar refractivity (Wildman–Crippen MR) is 87.7 cm³/mol. The van der Waals surface area contributed by atoms with E-state index in [9.17, 15) is 4.79 Å². The van der Waals surface area contributed by atoms with Gasteiger partial charge in [0.25, 0.3) is 5.91 Å². The number of ether oxygens (including phenoxy) is 1. The number of nitrogens with zero attached hydrogens (tertiary/aromatic N) is 2. The SMILES string of the molecule is O=C(NC1COC2(CCCCC2)C1)c1ccc(Cn2ccnc2)o1. The number of hydrogen-bond donors (Lipinski definition) is 1. The Bertz CT molecular complexity index is 686. The van der Waals surface area contributed by atoms with Crippen molar-refractivity contribution in [3.8, 4) is 0 Å². The van der Waals surface area contributed by atoms with E-state index in [4.69, 9.17) is 9.15 Å². The van der Waals surface area contributed by atoms with Crippen molar-refractivity contribution in [1.82, 2.24) is 14.9 Å². The molecule has 6 nitrogen and oxygen atoms in total. The van der Waals surface area contributed by atoms with E-state index in [-0.39, 0.29) is 17.6 Å². The van der Waals surface area contributed by atoms with Gasteiger partial charge in [0.2, 0.25) is 0 Å². The minimum absolute atomic E-state index is 0.00590. The topological polar surface area (TPSA) is 69.3 Å². The normalized spacial score (nSPS) is 22.8. The molecule has 1 saturated carbocycles. The molecular weight excluding hydrogens is 306 g/mol. The van der Waals surface area contributed by atoms with Gasteiger partial charge in [-0.15, -0.1) is 0 Å². The van der Waals surface area contributed by atoms with E-state index in [1.165, 1.54) is 19.3 Å². The van der Waals surface area contributed by atoms with Gasteiger partial charge in [-0.05, 0) is 31.4 Å². The maximum absolute atomic E-state index is 12.4. The largest absolute Gasteiger partial charge is 0.454 e. The summed E-state index contributed by atoms with van der Waals surface area (Å²) in [5.74, 6) is 0.938.